The van der Waals surface area contributed by atoms with Crippen molar-refractivity contribution in [3.63, 3.8) is 0 Å². The van der Waals surface area contributed by atoms with Gasteiger partial charge in [0.2, 0.25) is 0 Å². The van der Waals surface area contributed by atoms with Crippen molar-refractivity contribution < 1.29 is 8.81 Å². The Morgan fingerprint density at radius 3 is 2.67 bits per heavy atom. The highest BCUT2D eigenvalue weighted by Crippen LogP contribution is 2.26. The third-order valence-electron chi connectivity index (χ3n) is 5.62. The number of hydrogen-bond acceptors (Lipinski definition) is 5. The number of aromatic nitrogens is 2. The first kappa shape index (κ1) is 18.8. The van der Waals surface area contributed by atoms with Gasteiger partial charge in [0.1, 0.15) is 17.0 Å². The van der Waals surface area contributed by atoms with E-state index < -0.39 is 5.63 Å². The lowest BCUT2D eigenvalue weighted by molar-refractivity contribution is 0.407. The first-order valence-corrected chi connectivity index (χ1v) is 10.1. The largest absolute Gasteiger partial charge is 0.422 e. The highest BCUT2D eigenvalue weighted by Gasteiger charge is 2.22. The van der Waals surface area contributed by atoms with E-state index in [9.17, 15) is 9.18 Å². The number of nitrogens with one attached hydrogen (secondary N) is 1. The molecule has 30 heavy (non-hydrogen) atoms. The van der Waals surface area contributed by atoms with Gasteiger partial charge in [-0.25, -0.2) is 14.2 Å². The maximum Gasteiger partial charge on any atom is 0.345 e. The summed E-state index contributed by atoms with van der Waals surface area (Å²) in [5.74, 6) is -0.349. The summed E-state index contributed by atoms with van der Waals surface area (Å²) in [6, 6.07) is 9.95. The molecule has 0 aliphatic carbocycles. The van der Waals surface area contributed by atoms with Gasteiger partial charge in [-0.3, -0.25) is 0 Å². The van der Waals surface area contributed by atoms with Gasteiger partial charge in [0.15, 0.2) is 0 Å². The van der Waals surface area contributed by atoms with Crippen LogP contribution in [0.3, 0.4) is 0 Å². The maximum atomic E-state index is 13.7. The molecule has 1 saturated heterocycles. The van der Waals surface area contributed by atoms with Gasteiger partial charge in [-0.15, -0.1) is 0 Å². The van der Waals surface area contributed by atoms with Crippen LogP contribution in [-0.4, -0.2) is 34.6 Å². The number of aryl methyl sites for hydroxylation is 1. The van der Waals surface area contributed by atoms with Gasteiger partial charge >= 0.3 is 5.63 Å². The van der Waals surface area contributed by atoms with Crippen LogP contribution in [0.25, 0.3) is 27.9 Å². The first-order valence-electron chi connectivity index (χ1n) is 10.1. The molecule has 3 aromatic heterocycles. The fourth-order valence-electron chi connectivity index (χ4n) is 4.37. The smallest absolute Gasteiger partial charge is 0.345 e. The third kappa shape index (κ3) is 3.25. The predicted molar refractivity (Wildman–Crippen MR) is 116 cm³/mol. The summed E-state index contributed by atoms with van der Waals surface area (Å²) >= 11 is 0. The number of nitrogens with zero attached hydrogens (tertiary/aromatic N) is 3. The minimum atomic E-state index is -0.455. The average molecular weight is 406 g/mol. The van der Waals surface area contributed by atoms with Crippen LogP contribution in [0.1, 0.15) is 19.4 Å². The average Bonchev–Trinajstić information content (AvgIpc) is 3.10. The Balaban J connectivity index is 1.56. The number of pyridine rings is 1. The van der Waals surface area contributed by atoms with Crippen molar-refractivity contribution in [3.8, 4) is 11.3 Å². The van der Waals surface area contributed by atoms with Crippen molar-refractivity contribution in [1.29, 1.82) is 0 Å². The SMILES string of the molecule is Cc1cc(F)cn2cc(-c3cc4ccc(N5CC(C)NC(C)C5)cc4oc3=O)nc12. The number of halogens is 1. The van der Waals surface area contributed by atoms with Gasteiger partial charge in [-0.1, -0.05) is 0 Å². The normalized spacial score (nSPS) is 19.7. The van der Waals surface area contributed by atoms with Crippen LogP contribution in [0.5, 0.6) is 0 Å². The van der Waals surface area contributed by atoms with Gasteiger partial charge < -0.3 is 19.0 Å². The van der Waals surface area contributed by atoms with Crippen LogP contribution < -0.4 is 15.8 Å². The monoisotopic (exact) mass is 406 g/mol. The lowest BCUT2D eigenvalue weighted by Gasteiger charge is -2.37. The van der Waals surface area contributed by atoms with E-state index in [-0.39, 0.29) is 5.82 Å². The van der Waals surface area contributed by atoms with Crippen LogP contribution in [0, 0.1) is 12.7 Å². The van der Waals surface area contributed by atoms with E-state index in [1.165, 1.54) is 12.3 Å². The second kappa shape index (κ2) is 6.95. The minimum absolute atomic E-state index is 0.349. The van der Waals surface area contributed by atoms with Gasteiger partial charge in [0.05, 0.1) is 11.3 Å². The molecule has 2 atom stereocenters. The molecule has 0 radical (unpaired) electrons. The molecule has 1 aliphatic heterocycles. The lowest BCUT2D eigenvalue weighted by atomic mass is 10.1. The number of rotatable bonds is 2. The van der Waals surface area contributed by atoms with Crippen LogP contribution in [0.15, 0.2) is 51.9 Å². The van der Waals surface area contributed by atoms with Crippen LogP contribution in [0.4, 0.5) is 10.1 Å². The van der Waals surface area contributed by atoms with Crippen LogP contribution in [-0.2, 0) is 0 Å². The van der Waals surface area contributed by atoms with Crippen LogP contribution in [0.2, 0.25) is 0 Å². The molecule has 1 aromatic carbocycles. The highest BCUT2D eigenvalue weighted by atomic mass is 19.1. The molecule has 1 N–H and O–H groups in total. The number of anilines is 1. The lowest BCUT2D eigenvalue weighted by Crippen LogP contribution is -2.54. The Labute approximate surface area is 172 Å². The minimum Gasteiger partial charge on any atom is -0.422 e. The molecule has 154 valence electrons. The number of fused-ring (bicyclic) bond motifs is 2. The molecule has 7 heteroatoms. The Kier molecular flexibility index (Phi) is 4.36. The molecule has 6 nitrogen and oxygen atoms in total. The van der Waals surface area contributed by atoms with E-state index in [1.807, 2.05) is 12.1 Å². The first-order chi connectivity index (χ1) is 14.4. The van der Waals surface area contributed by atoms with E-state index in [4.69, 9.17) is 4.42 Å². The molecular formula is C23H23FN4O2. The number of hydrogen-bond donors (Lipinski definition) is 1. The Morgan fingerprint density at radius 1 is 1.13 bits per heavy atom. The van der Waals surface area contributed by atoms with Crippen molar-refractivity contribution in [3.05, 3.63) is 64.5 Å². The molecule has 1 aliphatic rings. The van der Waals surface area contributed by atoms with Crippen LogP contribution >= 0.6 is 0 Å². The van der Waals surface area contributed by atoms with E-state index in [2.05, 4.69) is 35.1 Å². The van der Waals surface area contributed by atoms with Crippen molar-refractivity contribution in [2.45, 2.75) is 32.9 Å². The molecule has 4 aromatic rings. The zero-order valence-corrected chi connectivity index (χ0v) is 17.1. The summed E-state index contributed by atoms with van der Waals surface area (Å²) in [6.07, 6.45) is 3.00. The zero-order valence-electron chi connectivity index (χ0n) is 17.1. The number of piperazine rings is 1. The van der Waals surface area contributed by atoms with Crippen molar-refractivity contribution in [2.24, 2.45) is 0 Å². The van der Waals surface area contributed by atoms with E-state index in [0.717, 1.165) is 24.2 Å². The Morgan fingerprint density at radius 2 is 1.90 bits per heavy atom. The summed E-state index contributed by atoms with van der Waals surface area (Å²) < 4.78 is 21.0. The van der Waals surface area contributed by atoms with Gasteiger partial charge in [0, 0.05) is 54.7 Å². The van der Waals surface area contributed by atoms with E-state index >= 15 is 0 Å². The molecule has 0 spiro atoms. The molecule has 0 saturated carbocycles. The van der Waals surface area contributed by atoms with Gasteiger partial charge in [-0.05, 0) is 50.6 Å². The number of benzene rings is 1. The molecular weight excluding hydrogens is 383 g/mol. The number of imidazole rings is 1. The summed E-state index contributed by atoms with van der Waals surface area (Å²) in [5.41, 5.74) is 3.28. The summed E-state index contributed by atoms with van der Waals surface area (Å²) in [4.78, 5) is 19.6. The maximum absolute atomic E-state index is 13.7. The topological polar surface area (TPSA) is 62.8 Å². The summed E-state index contributed by atoms with van der Waals surface area (Å²) in [7, 11) is 0. The summed E-state index contributed by atoms with van der Waals surface area (Å²) in [6.45, 7) is 7.92. The van der Waals surface area contributed by atoms with Crippen molar-refractivity contribution in [1.82, 2.24) is 14.7 Å². The molecule has 0 amide bonds. The van der Waals surface area contributed by atoms with E-state index in [0.29, 0.717) is 40.1 Å². The zero-order chi connectivity index (χ0) is 21.0. The van der Waals surface area contributed by atoms with Gasteiger partial charge in [0.25, 0.3) is 0 Å². The van der Waals surface area contributed by atoms with Crippen molar-refractivity contribution in [2.75, 3.05) is 18.0 Å². The summed E-state index contributed by atoms with van der Waals surface area (Å²) in [5, 5.41) is 4.35. The standard InChI is InChI=1S/C23H23FN4O2/c1-13-6-17(24)11-28-12-20(26-22(13)28)19-7-16-4-5-18(8-21(16)30-23(19)29)27-9-14(2)25-15(3)10-27/h4-8,11-12,14-15,25H,9-10H2,1-3H3. The quantitative estimate of drug-likeness (QED) is 0.514. The fraction of sp³-hybridized carbons (Fsp3) is 0.304. The second-order valence-electron chi connectivity index (χ2n) is 8.24. The predicted octanol–water partition coefficient (Wildman–Crippen LogP) is 3.74. The van der Waals surface area contributed by atoms with Crippen molar-refractivity contribution >= 4 is 22.3 Å². The third-order valence-corrected chi connectivity index (χ3v) is 5.62. The molecule has 0 bridgehead atoms. The molecule has 1 fully saturated rings. The fourth-order valence-corrected chi connectivity index (χ4v) is 4.37. The molecule has 4 heterocycles. The molecule has 5 rings (SSSR count). The van der Waals surface area contributed by atoms with E-state index in [1.54, 1.807) is 23.6 Å². The Hall–Kier alpha value is -3.19. The second-order valence-corrected chi connectivity index (χ2v) is 8.24. The molecule has 2 unspecified atom stereocenters. The highest BCUT2D eigenvalue weighted by molar-refractivity contribution is 5.84. The Bertz CT molecular complexity index is 1320. The van der Waals surface area contributed by atoms with Gasteiger partial charge in [-0.2, -0.15) is 0 Å².